The van der Waals surface area contributed by atoms with E-state index in [1.807, 2.05) is 18.0 Å². The van der Waals surface area contributed by atoms with Gasteiger partial charge in [-0.2, -0.15) is 0 Å². The third kappa shape index (κ3) is 4.06. The van der Waals surface area contributed by atoms with Crippen molar-refractivity contribution < 1.29 is 13.9 Å². The number of hydrogen-bond donors (Lipinski definition) is 1. The molecule has 2 aliphatic heterocycles. The number of benzene rings is 1. The van der Waals surface area contributed by atoms with Gasteiger partial charge in [-0.05, 0) is 42.9 Å². The normalized spacial score (nSPS) is 27.4. The first-order chi connectivity index (χ1) is 15.2. The highest BCUT2D eigenvalue weighted by Gasteiger charge is 2.59. The summed E-state index contributed by atoms with van der Waals surface area (Å²) in [5.41, 5.74) is 0.726. The second-order valence-corrected chi connectivity index (χ2v) is 10.3. The summed E-state index contributed by atoms with van der Waals surface area (Å²) in [6.07, 6.45) is 5.01. The van der Waals surface area contributed by atoms with E-state index in [0.29, 0.717) is 28.3 Å². The third-order valence-electron chi connectivity index (χ3n) is 7.07. The van der Waals surface area contributed by atoms with E-state index >= 15 is 4.39 Å². The maximum atomic E-state index is 16.0. The number of alkyl halides is 1. The Morgan fingerprint density at radius 1 is 1.28 bits per heavy atom. The van der Waals surface area contributed by atoms with E-state index in [-0.39, 0.29) is 18.2 Å². The van der Waals surface area contributed by atoms with E-state index in [0.717, 1.165) is 24.8 Å². The van der Waals surface area contributed by atoms with Crippen LogP contribution in [-0.4, -0.2) is 54.7 Å². The van der Waals surface area contributed by atoms with E-state index in [9.17, 15) is 0 Å². The van der Waals surface area contributed by atoms with Gasteiger partial charge in [-0.15, -0.1) is 0 Å². The molecule has 2 aliphatic rings. The van der Waals surface area contributed by atoms with Crippen molar-refractivity contribution in [2.45, 2.75) is 63.8 Å². The average molecular weight is 463 g/mol. The SMILES string of the molecule is COCOc1cc(Cl)ccc1-c1cnc(N(C)[C@H]2C[C@@H]3CC[C@](C(C)(C)C)(N3)[C@H]2F)cn1. The molecule has 2 saturated heterocycles. The number of aromatic nitrogens is 2. The summed E-state index contributed by atoms with van der Waals surface area (Å²) < 4.78 is 26.6. The van der Waals surface area contributed by atoms with Crippen molar-refractivity contribution in [3.8, 4) is 17.0 Å². The average Bonchev–Trinajstić information content (AvgIpc) is 3.15. The molecule has 3 heterocycles. The fraction of sp³-hybridized carbons (Fsp3) is 0.583. The highest BCUT2D eigenvalue weighted by atomic mass is 35.5. The topological polar surface area (TPSA) is 59.5 Å². The monoisotopic (exact) mass is 462 g/mol. The quantitative estimate of drug-likeness (QED) is 0.618. The van der Waals surface area contributed by atoms with Gasteiger partial charge in [0, 0.05) is 30.8 Å². The van der Waals surface area contributed by atoms with E-state index in [2.05, 4.69) is 36.1 Å². The summed E-state index contributed by atoms with van der Waals surface area (Å²) in [6.45, 7) is 6.48. The molecule has 0 spiro atoms. The molecule has 174 valence electrons. The lowest BCUT2D eigenvalue weighted by Gasteiger charge is -2.52. The Morgan fingerprint density at radius 3 is 2.72 bits per heavy atom. The van der Waals surface area contributed by atoms with E-state index in [1.54, 1.807) is 31.6 Å². The van der Waals surface area contributed by atoms with Crippen LogP contribution >= 0.6 is 11.6 Å². The summed E-state index contributed by atoms with van der Waals surface area (Å²) in [6, 6.07) is 5.43. The van der Waals surface area contributed by atoms with Crippen LogP contribution in [0.1, 0.15) is 40.0 Å². The third-order valence-corrected chi connectivity index (χ3v) is 7.31. The molecular weight excluding hydrogens is 431 g/mol. The standard InChI is InChI=1S/C24H32ClFN4O2/c1-23(2,3)24-9-8-16(29-24)11-19(22(24)26)30(4)21-13-27-18(12-28-21)17-7-6-15(25)10-20(17)32-14-31-5/h6-7,10,12-13,16,19,22,29H,8-9,11,14H2,1-5H3/t16-,19-,22-,24-/m0/s1. The minimum Gasteiger partial charge on any atom is -0.467 e. The fourth-order valence-electron chi connectivity index (χ4n) is 5.17. The second kappa shape index (κ2) is 8.76. The Bertz CT molecular complexity index is 952. The number of ether oxygens (including phenoxy) is 2. The second-order valence-electron chi connectivity index (χ2n) is 9.87. The first kappa shape index (κ1) is 23.2. The van der Waals surface area contributed by atoms with Gasteiger partial charge in [0.2, 0.25) is 0 Å². The molecule has 2 bridgehead atoms. The van der Waals surface area contributed by atoms with Crippen molar-refractivity contribution in [1.29, 1.82) is 0 Å². The Balaban J connectivity index is 1.58. The molecule has 6 nitrogen and oxygen atoms in total. The minimum absolute atomic E-state index is 0.103. The molecule has 1 N–H and O–H groups in total. The number of halogens is 2. The molecule has 0 amide bonds. The van der Waals surface area contributed by atoms with Gasteiger partial charge in [0.25, 0.3) is 0 Å². The maximum Gasteiger partial charge on any atom is 0.188 e. The Morgan fingerprint density at radius 2 is 2.06 bits per heavy atom. The lowest BCUT2D eigenvalue weighted by Crippen LogP contribution is -2.68. The zero-order valence-electron chi connectivity index (χ0n) is 19.4. The van der Waals surface area contributed by atoms with Crippen molar-refractivity contribution in [2.75, 3.05) is 25.9 Å². The summed E-state index contributed by atoms with van der Waals surface area (Å²) >= 11 is 6.12. The van der Waals surface area contributed by atoms with Crippen LogP contribution in [0.15, 0.2) is 30.6 Å². The first-order valence-corrected chi connectivity index (χ1v) is 11.4. The van der Waals surface area contributed by atoms with Crippen molar-refractivity contribution in [2.24, 2.45) is 5.41 Å². The molecule has 1 aromatic carbocycles. The summed E-state index contributed by atoms with van der Waals surface area (Å²) in [5.74, 6) is 1.22. The van der Waals surface area contributed by atoms with Crippen molar-refractivity contribution in [3.63, 3.8) is 0 Å². The molecule has 32 heavy (non-hydrogen) atoms. The fourth-order valence-corrected chi connectivity index (χ4v) is 5.33. The summed E-state index contributed by atoms with van der Waals surface area (Å²) in [7, 11) is 3.47. The van der Waals surface area contributed by atoms with Crippen LogP contribution in [0.3, 0.4) is 0 Å². The molecule has 0 saturated carbocycles. The van der Waals surface area contributed by atoms with Crippen LogP contribution in [-0.2, 0) is 4.74 Å². The lowest BCUT2D eigenvalue weighted by atomic mass is 9.67. The lowest BCUT2D eigenvalue weighted by molar-refractivity contribution is 0.0158. The molecule has 2 fully saturated rings. The smallest absolute Gasteiger partial charge is 0.188 e. The predicted molar refractivity (Wildman–Crippen MR) is 125 cm³/mol. The Kier molecular flexibility index (Phi) is 6.36. The van der Waals surface area contributed by atoms with Crippen molar-refractivity contribution in [3.05, 3.63) is 35.6 Å². The van der Waals surface area contributed by atoms with Crippen LogP contribution in [0.5, 0.6) is 5.75 Å². The van der Waals surface area contributed by atoms with Gasteiger partial charge in [0.15, 0.2) is 6.79 Å². The molecule has 8 heteroatoms. The Hall–Kier alpha value is -1.96. The molecule has 2 aromatic rings. The molecule has 0 unspecified atom stereocenters. The predicted octanol–water partition coefficient (Wildman–Crippen LogP) is 4.86. The number of hydrogen-bond acceptors (Lipinski definition) is 6. The molecule has 1 aromatic heterocycles. The van der Waals surface area contributed by atoms with Gasteiger partial charge >= 0.3 is 0 Å². The van der Waals surface area contributed by atoms with Gasteiger partial charge in [-0.3, -0.25) is 4.98 Å². The Labute approximate surface area is 194 Å². The van der Waals surface area contributed by atoms with Crippen LogP contribution in [0.4, 0.5) is 10.2 Å². The summed E-state index contributed by atoms with van der Waals surface area (Å²) in [5, 5.41) is 4.18. The number of piperidine rings is 1. The number of methoxy groups -OCH3 is 1. The van der Waals surface area contributed by atoms with Crippen LogP contribution < -0.4 is 15.0 Å². The minimum atomic E-state index is -1.00. The van der Waals surface area contributed by atoms with Crippen molar-refractivity contribution >= 4 is 17.4 Å². The molecular formula is C24H32ClFN4O2. The zero-order valence-corrected chi connectivity index (χ0v) is 20.1. The van der Waals surface area contributed by atoms with Gasteiger partial charge in [0.1, 0.15) is 17.7 Å². The van der Waals surface area contributed by atoms with Crippen LogP contribution in [0, 0.1) is 5.41 Å². The number of rotatable bonds is 6. The number of nitrogens with zero attached hydrogens (tertiary/aromatic N) is 3. The molecule has 4 rings (SSSR count). The number of nitrogens with one attached hydrogen (secondary N) is 1. The van der Waals surface area contributed by atoms with Gasteiger partial charge < -0.3 is 19.7 Å². The van der Waals surface area contributed by atoms with Gasteiger partial charge in [-0.1, -0.05) is 32.4 Å². The van der Waals surface area contributed by atoms with E-state index in [4.69, 9.17) is 21.1 Å². The molecule has 0 aliphatic carbocycles. The highest BCUT2D eigenvalue weighted by molar-refractivity contribution is 6.30. The van der Waals surface area contributed by atoms with Gasteiger partial charge in [0.05, 0.1) is 29.7 Å². The van der Waals surface area contributed by atoms with E-state index in [1.165, 1.54) is 0 Å². The largest absolute Gasteiger partial charge is 0.467 e. The maximum absolute atomic E-state index is 16.0. The summed E-state index contributed by atoms with van der Waals surface area (Å²) in [4.78, 5) is 11.2. The van der Waals surface area contributed by atoms with Gasteiger partial charge in [-0.25, -0.2) is 9.37 Å². The highest BCUT2D eigenvalue weighted by Crippen LogP contribution is 2.49. The van der Waals surface area contributed by atoms with Crippen LogP contribution in [0.2, 0.25) is 5.02 Å². The molecule has 0 radical (unpaired) electrons. The molecule has 4 atom stereocenters. The van der Waals surface area contributed by atoms with Crippen LogP contribution in [0.25, 0.3) is 11.3 Å². The number of anilines is 1. The van der Waals surface area contributed by atoms with E-state index < -0.39 is 11.7 Å². The number of fused-ring (bicyclic) bond motifs is 2. The zero-order chi connectivity index (χ0) is 23.1. The first-order valence-electron chi connectivity index (χ1n) is 11.0. The van der Waals surface area contributed by atoms with Crippen molar-refractivity contribution in [1.82, 2.24) is 15.3 Å².